The number of amides is 3. The van der Waals surface area contributed by atoms with Crippen molar-refractivity contribution in [3.63, 3.8) is 0 Å². The maximum absolute atomic E-state index is 13.0. The van der Waals surface area contributed by atoms with E-state index in [1.165, 1.54) is 13.5 Å². The zero-order valence-corrected chi connectivity index (χ0v) is 26.5. The zero-order chi connectivity index (χ0) is 31.1. The Morgan fingerprint density at radius 1 is 1.05 bits per heavy atom. The number of rotatable bonds is 15. The van der Waals surface area contributed by atoms with Crippen molar-refractivity contribution < 1.29 is 33.8 Å². The van der Waals surface area contributed by atoms with Crippen LogP contribution in [0.4, 0.5) is 4.79 Å². The molecule has 0 aliphatic heterocycles. The molecule has 42 heavy (non-hydrogen) atoms. The number of ether oxygens (including phenoxy) is 2. The standard InChI is InChI=1S/C31H49N3O7S/c1-31(2,3)41-30(39)34-25(19-22-9-7-6-8-10-22)26(35)20-27(36)33-24(15-16-28(37)40-4)29(38)32-18-17-21-11-13-23(42-5)14-12-21/h11-14,22,24-26,35H,6-10,15-20H2,1-5H3,(H,32,38)(H,33,36)(H,34,39)/t24-,25-,26-/m0/s1. The summed E-state index contributed by atoms with van der Waals surface area (Å²) in [7, 11) is 1.26. The smallest absolute Gasteiger partial charge is 0.407 e. The lowest BCUT2D eigenvalue weighted by Crippen LogP contribution is -2.51. The molecule has 1 aromatic rings. The first kappa shape index (κ1) is 35.4. The minimum absolute atomic E-state index is 0.0461. The summed E-state index contributed by atoms with van der Waals surface area (Å²) in [6.45, 7) is 5.63. The highest BCUT2D eigenvalue weighted by atomic mass is 32.2. The molecule has 0 unspecified atom stereocenters. The molecule has 3 atom stereocenters. The molecule has 0 spiro atoms. The highest BCUT2D eigenvalue weighted by molar-refractivity contribution is 7.98. The monoisotopic (exact) mass is 607 g/mol. The molecule has 0 aromatic heterocycles. The minimum Gasteiger partial charge on any atom is -0.469 e. The SMILES string of the molecule is COC(=O)CC[C@H](NC(=O)C[C@H](O)[C@H](CC1CCCCC1)NC(=O)OC(C)(C)C)C(=O)NCCc1ccc(SC)cc1. The van der Waals surface area contributed by atoms with Crippen LogP contribution in [0.25, 0.3) is 0 Å². The Labute approximate surface area is 254 Å². The highest BCUT2D eigenvalue weighted by Crippen LogP contribution is 2.28. The van der Waals surface area contributed by atoms with Gasteiger partial charge in [0, 0.05) is 17.9 Å². The topological polar surface area (TPSA) is 143 Å². The molecule has 1 fully saturated rings. The van der Waals surface area contributed by atoms with Crippen molar-refractivity contribution in [1.29, 1.82) is 0 Å². The minimum atomic E-state index is -1.19. The predicted molar refractivity (Wildman–Crippen MR) is 163 cm³/mol. The van der Waals surface area contributed by atoms with Gasteiger partial charge in [-0.2, -0.15) is 0 Å². The van der Waals surface area contributed by atoms with E-state index in [4.69, 9.17) is 9.47 Å². The number of aliphatic hydroxyl groups is 1. The van der Waals surface area contributed by atoms with E-state index in [1.807, 2.05) is 30.5 Å². The number of aliphatic hydroxyl groups excluding tert-OH is 1. The van der Waals surface area contributed by atoms with Crippen molar-refractivity contribution in [2.75, 3.05) is 19.9 Å². The van der Waals surface area contributed by atoms with Gasteiger partial charge in [0.25, 0.3) is 0 Å². The molecule has 0 radical (unpaired) electrons. The zero-order valence-electron chi connectivity index (χ0n) is 25.7. The van der Waals surface area contributed by atoms with Crippen molar-refractivity contribution >= 4 is 35.6 Å². The number of carbonyl (C=O) groups is 4. The predicted octanol–water partition coefficient (Wildman–Crippen LogP) is 4.12. The van der Waals surface area contributed by atoms with Crippen LogP contribution < -0.4 is 16.0 Å². The van der Waals surface area contributed by atoms with Gasteiger partial charge in [-0.1, -0.05) is 44.2 Å². The number of nitrogens with one attached hydrogen (secondary N) is 3. The van der Waals surface area contributed by atoms with Gasteiger partial charge in [-0.3, -0.25) is 14.4 Å². The maximum atomic E-state index is 13.0. The average Bonchev–Trinajstić information content (AvgIpc) is 2.94. The van der Waals surface area contributed by atoms with E-state index in [9.17, 15) is 24.3 Å². The molecule has 10 nitrogen and oxygen atoms in total. The number of carbonyl (C=O) groups excluding carboxylic acids is 4. The first-order valence-corrected chi connectivity index (χ1v) is 16.1. The molecule has 0 saturated heterocycles. The summed E-state index contributed by atoms with van der Waals surface area (Å²) < 4.78 is 10.1. The van der Waals surface area contributed by atoms with E-state index in [-0.39, 0.29) is 19.3 Å². The lowest BCUT2D eigenvalue weighted by molar-refractivity contribution is -0.141. The Morgan fingerprint density at radius 2 is 1.71 bits per heavy atom. The Morgan fingerprint density at radius 3 is 2.31 bits per heavy atom. The van der Waals surface area contributed by atoms with Gasteiger partial charge in [0.2, 0.25) is 11.8 Å². The van der Waals surface area contributed by atoms with Crippen LogP contribution in [0.15, 0.2) is 29.2 Å². The summed E-state index contributed by atoms with van der Waals surface area (Å²) in [6.07, 6.45) is 6.34. The van der Waals surface area contributed by atoms with Crippen molar-refractivity contribution in [2.45, 2.75) is 114 Å². The first-order chi connectivity index (χ1) is 19.9. The molecule has 1 aromatic carbocycles. The van der Waals surface area contributed by atoms with Crippen LogP contribution in [-0.2, 0) is 30.3 Å². The first-order valence-electron chi connectivity index (χ1n) is 14.8. The van der Waals surface area contributed by atoms with Crippen LogP contribution in [-0.4, -0.2) is 72.7 Å². The number of alkyl carbamates (subject to hydrolysis) is 1. The third kappa shape index (κ3) is 13.9. The van der Waals surface area contributed by atoms with E-state index in [1.54, 1.807) is 32.5 Å². The molecule has 0 bridgehead atoms. The van der Waals surface area contributed by atoms with Crippen LogP contribution in [0.3, 0.4) is 0 Å². The second-order valence-electron chi connectivity index (χ2n) is 11.9. The number of benzene rings is 1. The maximum Gasteiger partial charge on any atom is 0.407 e. The van der Waals surface area contributed by atoms with Gasteiger partial charge in [0.15, 0.2) is 0 Å². The molecule has 2 rings (SSSR count). The molecule has 11 heteroatoms. The summed E-state index contributed by atoms with van der Waals surface area (Å²) in [5.41, 5.74) is 0.355. The number of hydrogen-bond acceptors (Lipinski definition) is 8. The fourth-order valence-electron chi connectivity index (χ4n) is 5.02. The van der Waals surface area contributed by atoms with E-state index < -0.39 is 47.7 Å². The molecule has 0 heterocycles. The van der Waals surface area contributed by atoms with Gasteiger partial charge in [0.05, 0.1) is 25.7 Å². The van der Waals surface area contributed by atoms with Crippen molar-refractivity contribution in [1.82, 2.24) is 16.0 Å². The molecule has 4 N–H and O–H groups in total. The molecule has 1 saturated carbocycles. The van der Waals surface area contributed by atoms with E-state index >= 15 is 0 Å². The van der Waals surface area contributed by atoms with Crippen LogP contribution in [0.1, 0.15) is 84.1 Å². The van der Waals surface area contributed by atoms with E-state index in [0.717, 1.165) is 36.1 Å². The fraction of sp³-hybridized carbons (Fsp3) is 0.677. The van der Waals surface area contributed by atoms with Gasteiger partial charge >= 0.3 is 12.1 Å². The van der Waals surface area contributed by atoms with Gasteiger partial charge in [0.1, 0.15) is 11.6 Å². The normalized spacial score (nSPS) is 16.0. The largest absolute Gasteiger partial charge is 0.469 e. The third-order valence-corrected chi connectivity index (χ3v) is 8.01. The average molecular weight is 608 g/mol. The van der Waals surface area contributed by atoms with E-state index in [2.05, 4.69) is 16.0 Å². The number of thioether (sulfide) groups is 1. The Kier molecular flexibility index (Phi) is 15.2. The highest BCUT2D eigenvalue weighted by Gasteiger charge is 2.31. The van der Waals surface area contributed by atoms with Crippen molar-refractivity contribution in [3.8, 4) is 0 Å². The number of hydrogen-bond donors (Lipinski definition) is 4. The molecular formula is C31H49N3O7S. The second kappa shape index (κ2) is 18.0. The van der Waals surface area contributed by atoms with Gasteiger partial charge in [-0.25, -0.2) is 4.79 Å². The summed E-state index contributed by atoms with van der Waals surface area (Å²) in [5, 5.41) is 19.3. The van der Waals surface area contributed by atoms with Gasteiger partial charge < -0.3 is 30.5 Å². The summed E-state index contributed by atoms with van der Waals surface area (Å²) in [4.78, 5) is 51.5. The van der Waals surface area contributed by atoms with Crippen LogP contribution in [0.5, 0.6) is 0 Å². The molecule has 1 aliphatic carbocycles. The summed E-state index contributed by atoms with van der Waals surface area (Å²) in [5.74, 6) is -1.15. The van der Waals surface area contributed by atoms with Gasteiger partial charge in [-0.15, -0.1) is 11.8 Å². The summed E-state index contributed by atoms with van der Waals surface area (Å²) >= 11 is 1.65. The van der Waals surface area contributed by atoms with Crippen molar-refractivity contribution in [2.24, 2.45) is 5.92 Å². The van der Waals surface area contributed by atoms with Crippen LogP contribution in [0.2, 0.25) is 0 Å². The molecule has 1 aliphatic rings. The second-order valence-corrected chi connectivity index (χ2v) is 12.8. The van der Waals surface area contributed by atoms with Crippen molar-refractivity contribution in [3.05, 3.63) is 29.8 Å². The number of esters is 1. The molecule has 236 valence electrons. The lowest BCUT2D eigenvalue weighted by atomic mass is 9.83. The molecule has 3 amide bonds. The van der Waals surface area contributed by atoms with E-state index in [0.29, 0.717) is 25.3 Å². The Hall–Kier alpha value is -2.79. The third-order valence-electron chi connectivity index (χ3n) is 7.26. The Bertz CT molecular complexity index is 1010. The lowest BCUT2D eigenvalue weighted by Gasteiger charge is -2.31. The Balaban J connectivity index is 2.01. The van der Waals surface area contributed by atoms with Gasteiger partial charge in [-0.05, 0) is 69.9 Å². The summed E-state index contributed by atoms with van der Waals surface area (Å²) in [6, 6.07) is 6.37. The fourth-order valence-corrected chi connectivity index (χ4v) is 5.43. The molecular weight excluding hydrogens is 558 g/mol. The van der Waals surface area contributed by atoms with Crippen LogP contribution in [0, 0.1) is 5.92 Å². The quantitative estimate of drug-likeness (QED) is 0.172. The number of methoxy groups -OCH3 is 1. The van der Waals surface area contributed by atoms with Crippen LogP contribution >= 0.6 is 11.8 Å².